The molecule has 1 aromatic carbocycles. The van der Waals surface area contributed by atoms with Crippen LogP contribution in [0.4, 0.5) is 4.39 Å². The second kappa shape index (κ2) is 7.96. The van der Waals surface area contributed by atoms with Crippen molar-refractivity contribution in [2.24, 2.45) is 0 Å². The van der Waals surface area contributed by atoms with E-state index in [0.717, 1.165) is 11.1 Å². The molecule has 130 valence electrons. The highest BCUT2D eigenvalue weighted by Gasteiger charge is 2.14. The lowest BCUT2D eigenvalue weighted by Gasteiger charge is -2.19. The molecular weight excluding hydrogens is 311 g/mol. The number of aryl methyl sites for hydroxylation is 1. The Bertz CT molecular complexity index is 700. The fraction of sp³-hybridized carbons (Fsp3) is 0.500. The summed E-state index contributed by atoms with van der Waals surface area (Å²) >= 11 is 0. The fourth-order valence-electron chi connectivity index (χ4n) is 2.08. The van der Waals surface area contributed by atoms with Crippen LogP contribution in [0.3, 0.4) is 0 Å². The third-order valence-corrected chi connectivity index (χ3v) is 3.96. The molecular formula is C16H23FN6O. The smallest absolute Gasteiger partial charge is 0.242 e. The Balaban J connectivity index is 1.93. The second-order valence-electron chi connectivity index (χ2n) is 6.11. The summed E-state index contributed by atoms with van der Waals surface area (Å²) in [6, 6.07) is 4.87. The van der Waals surface area contributed by atoms with Gasteiger partial charge in [0.1, 0.15) is 12.4 Å². The molecule has 2 rings (SSSR count). The van der Waals surface area contributed by atoms with E-state index in [9.17, 15) is 9.18 Å². The summed E-state index contributed by atoms with van der Waals surface area (Å²) in [7, 11) is 1.97. The van der Waals surface area contributed by atoms with Gasteiger partial charge in [0.2, 0.25) is 5.91 Å². The maximum atomic E-state index is 13.3. The van der Waals surface area contributed by atoms with Gasteiger partial charge in [0, 0.05) is 12.6 Å². The molecule has 0 aliphatic carbocycles. The highest BCUT2D eigenvalue weighted by molar-refractivity contribution is 5.75. The Morgan fingerprint density at radius 3 is 2.88 bits per heavy atom. The van der Waals surface area contributed by atoms with Crippen molar-refractivity contribution in [1.29, 1.82) is 0 Å². The number of halogens is 1. The quantitative estimate of drug-likeness (QED) is 0.825. The van der Waals surface area contributed by atoms with Crippen LogP contribution in [0.2, 0.25) is 0 Å². The lowest BCUT2D eigenvalue weighted by atomic mass is 10.1. The summed E-state index contributed by atoms with van der Waals surface area (Å²) in [4.78, 5) is 14.2. The van der Waals surface area contributed by atoms with Crippen LogP contribution in [-0.4, -0.2) is 44.1 Å². The Labute approximate surface area is 140 Å². The minimum atomic E-state index is -0.315. The topological polar surface area (TPSA) is 75.9 Å². The van der Waals surface area contributed by atoms with Gasteiger partial charge in [-0.1, -0.05) is 6.07 Å². The van der Waals surface area contributed by atoms with E-state index in [1.807, 2.05) is 14.0 Å². The van der Waals surface area contributed by atoms with E-state index in [-0.39, 0.29) is 24.8 Å². The number of aromatic nitrogens is 4. The van der Waals surface area contributed by atoms with Gasteiger partial charge < -0.3 is 5.32 Å². The zero-order chi connectivity index (χ0) is 17.7. The van der Waals surface area contributed by atoms with Crippen LogP contribution >= 0.6 is 0 Å². The summed E-state index contributed by atoms with van der Waals surface area (Å²) < 4.78 is 14.7. The summed E-state index contributed by atoms with van der Waals surface area (Å²) in [5.74, 6) is 0.0898. The average molecular weight is 334 g/mol. The van der Waals surface area contributed by atoms with Crippen molar-refractivity contribution in [3.05, 3.63) is 41.0 Å². The Hall–Kier alpha value is -2.35. The van der Waals surface area contributed by atoms with Crippen LogP contribution in [0.15, 0.2) is 18.2 Å². The van der Waals surface area contributed by atoms with Crippen molar-refractivity contribution < 1.29 is 9.18 Å². The van der Waals surface area contributed by atoms with Crippen molar-refractivity contribution in [3.63, 3.8) is 0 Å². The second-order valence-corrected chi connectivity index (χ2v) is 6.11. The van der Waals surface area contributed by atoms with E-state index in [4.69, 9.17) is 0 Å². The molecule has 0 saturated carbocycles. The predicted octanol–water partition coefficient (Wildman–Crippen LogP) is 1.28. The number of nitrogens with one attached hydrogen (secondary N) is 1. The van der Waals surface area contributed by atoms with Crippen molar-refractivity contribution in [2.45, 2.75) is 46.4 Å². The maximum Gasteiger partial charge on any atom is 0.242 e. The summed E-state index contributed by atoms with van der Waals surface area (Å²) in [5.41, 5.74) is 1.68. The number of hydrogen-bond acceptors (Lipinski definition) is 5. The van der Waals surface area contributed by atoms with Crippen molar-refractivity contribution in [2.75, 3.05) is 7.05 Å². The molecule has 0 saturated heterocycles. The molecule has 0 radical (unpaired) electrons. The lowest BCUT2D eigenvalue weighted by molar-refractivity contribution is -0.122. The van der Waals surface area contributed by atoms with E-state index in [2.05, 4.69) is 39.6 Å². The summed E-state index contributed by atoms with van der Waals surface area (Å²) in [5, 5.41) is 14.2. The standard InChI is InChI=1S/C16H23FN6O/c1-11(2)22(4)9-15-19-20-21-23(15)10-16(24)18-8-13-7-14(17)6-5-12(13)3/h5-7,11H,8-10H2,1-4H3,(H,18,24). The average Bonchev–Trinajstić information content (AvgIpc) is 2.95. The van der Waals surface area contributed by atoms with Crippen LogP contribution in [0, 0.1) is 12.7 Å². The van der Waals surface area contributed by atoms with Gasteiger partial charge in [-0.2, -0.15) is 0 Å². The molecule has 1 N–H and O–H groups in total. The number of amides is 1. The number of carbonyl (C=O) groups is 1. The zero-order valence-electron chi connectivity index (χ0n) is 14.5. The van der Waals surface area contributed by atoms with E-state index in [1.54, 1.807) is 6.07 Å². The van der Waals surface area contributed by atoms with Gasteiger partial charge in [0.05, 0.1) is 6.54 Å². The molecule has 2 aromatic rings. The zero-order valence-corrected chi connectivity index (χ0v) is 14.5. The lowest BCUT2D eigenvalue weighted by Crippen LogP contribution is -2.31. The Kier molecular flexibility index (Phi) is 5.97. The molecule has 0 spiro atoms. The number of tetrazole rings is 1. The van der Waals surface area contributed by atoms with Crippen molar-refractivity contribution in [1.82, 2.24) is 30.4 Å². The number of carbonyl (C=O) groups excluding carboxylic acids is 1. The monoisotopic (exact) mass is 334 g/mol. The molecule has 1 aromatic heterocycles. The van der Waals surface area contributed by atoms with Crippen LogP contribution < -0.4 is 5.32 Å². The van der Waals surface area contributed by atoms with Crippen LogP contribution in [0.1, 0.15) is 30.8 Å². The normalized spacial score (nSPS) is 11.3. The maximum absolute atomic E-state index is 13.3. The number of nitrogens with zero attached hydrogens (tertiary/aromatic N) is 5. The predicted molar refractivity (Wildman–Crippen MR) is 87.4 cm³/mol. The molecule has 8 heteroatoms. The van der Waals surface area contributed by atoms with Crippen molar-refractivity contribution in [3.8, 4) is 0 Å². The molecule has 0 unspecified atom stereocenters. The molecule has 24 heavy (non-hydrogen) atoms. The molecule has 0 bridgehead atoms. The van der Waals surface area contributed by atoms with Gasteiger partial charge in [-0.05, 0) is 61.5 Å². The van der Waals surface area contributed by atoms with Gasteiger partial charge in [-0.15, -0.1) is 5.10 Å². The Morgan fingerprint density at radius 2 is 2.17 bits per heavy atom. The first-order valence-electron chi connectivity index (χ1n) is 7.84. The minimum Gasteiger partial charge on any atom is -0.350 e. The number of rotatable bonds is 7. The molecule has 7 nitrogen and oxygen atoms in total. The number of hydrogen-bond donors (Lipinski definition) is 1. The largest absolute Gasteiger partial charge is 0.350 e. The van der Waals surface area contributed by atoms with Crippen molar-refractivity contribution >= 4 is 5.91 Å². The first kappa shape index (κ1) is 18.0. The van der Waals surface area contributed by atoms with Gasteiger partial charge in [-0.25, -0.2) is 9.07 Å². The van der Waals surface area contributed by atoms with E-state index < -0.39 is 0 Å². The SMILES string of the molecule is Cc1ccc(F)cc1CNC(=O)Cn1nnnc1CN(C)C(C)C. The van der Waals surface area contributed by atoms with Gasteiger partial charge >= 0.3 is 0 Å². The van der Waals surface area contributed by atoms with Gasteiger partial charge in [0.25, 0.3) is 0 Å². The molecule has 1 heterocycles. The number of benzene rings is 1. The highest BCUT2D eigenvalue weighted by Crippen LogP contribution is 2.09. The molecule has 0 aliphatic heterocycles. The summed E-state index contributed by atoms with van der Waals surface area (Å²) in [6.07, 6.45) is 0. The van der Waals surface area contributed by atoms with Gasteiger partial charge in [-0.3, -0.25) is 9.69 Å². The van der Waals surface area contributed by atoms with E-state index >= 15 is 0 Å². The summed E-state index contributed by atoms with van der Waals surface area (Å²) in [6.45, 7) is 6.88. The highest BCUT2D eigenvalue weighted by atomic mass is 19.1. The molecule has 0 aliphatic rings. The van der Waals surface area contributed by atoms with Gasteiger partial charge in [0.15, 0.2) is 5.82 Å². The minimum absolute atomic E-state index is 0.0304. The molecule has 0 fully saturated rings. The molecule has 0 atom stereocenters. The van der Waals surface area contributed by atoms with Crippen LogP contribution in [0.5, 0.6) is 0 Å². The van der Waals surface area contributed by atoms with Crippen LogP contribution in [0.25, 0.3) is 0 Å². The Morgan fingerprint density at radius 1 is 1.42 bits per heavy atom. The van der Waals surface area contributed by atoms with E-state index in [1.165, 1.54) is 16.8 Å². The van der Waals surface area contributed by atoms with Crippen LogP contribution in [-0.2, 0) is 24.4 Å². The first-order valence-corrected chi connectivity index (χ1v) is 7.84. The molecule has 1 amide bonds. The first-order chi connectivity index (χ1) is 11.4. The third-order valence-electron chi connectivity index (χ3n) is 3.96. The van der Waals surface area contributed by atoms with E-state index in [0.29, 0.717) is 18.4 Å². The fourth-order valence-corrected chi connectivity index (χ4v) is 2.08. The third kappa shape index (κ3) is 4.82.